The van der Waals surface area contributed by atoms with Gasteiger partial charge in [0.05, 0.1) is 6.54 Å². The van der Waals surface area contributed by atoms with Gasteiger partial charge in [-0.2, -0.15) is 5.10 Å². The van der Waals surface area contributed by atoms with Gasteiger partial charge < -0.3 is 10.0 Å². The van der Waals surface area contributed by atoms with Crippen molar-refractivity contribution in [3.63, 3.8) is 0 Å². The van der Waals surface area contributed by atoms with E-state index in [1.807, 2.05) is 20.7 Å². The number of nitrogens with zero attached hydrogens (tertiary/aromatic N) is 5. The zero-order valence-corrected chi connectivity index (χ0v) is 14.8. The number of carbonyl (C=O) groups is 2. The quantitative estimate of drug-likeness (QED) is 0.756. The van der Waals surface area contributed by atoms with Crippen LogP contribution in [0.4, 0.5) is 0 Å². The van der Waals surface area contributed by atoms with Crippen molar-refractivity contribution in [1.82, 2.24) is 24.1 Å². The van der Waals surface area contributed by atoms with Gasteiger partial charge in [0.15, 0.2) is 10.7 Å². The van der Waals surface area contributed by atoms with Crippen molar-refractivity contribution in [2.45, 2.75) is 32.4 Å². The van der Waals surface area contributed by atoms with Gasteiger partial charge in [-0.15, -0.1) is 11.3 Å². The first kappa shape index (κ1) is 15.6. The molecule has 0 aromatic carbocycles. The lowest BCUT2D eigenvalue weighted by Crippen LogP contribution is -2.37. The molecule has 3 aromatic rings. The molecule has 134 valence electrons. The lowest BCUT2D eigenvalue weighted by Gasteiger charge is -2.27. The third-order valence-corrected chi connectivity index (χ3v) is 5.83. The van der Waals surface area contributed by atoms with Crippen LogP contribution in [0.25, 0.3) is 4.96 Å². The molecule has 0 atom stereocenters. The van der Waals surface area contributed by atoms with Crippen molar-refractivity contribution >= 4 is 28.2 Å². The highest BCUT2D eigenvalue weighted by Crippen LogP contribution is 2.33. The molecule has 0 radical (unpaired) electrons. The molecule has 26 heavy (non-hydrogen) atoms. The van der Waals surface area contributed by atoms with Crippen molar-refractivity contribution in [3.05, 3.63) is 40.4 Å². The summed E-state index contributed by atoms with van der Waals surface area (Å²) in [5, 5.41) is 15.8. The molecule has 1 saturated carbocycles. The number of amides is 1. The van der Waals surface area contributed by atoms with Crippen LogP contribution in [0.15, 0.2) is 17.8 Å². The molecule has 4 heterocycles. The number of thiazole rings is 1. The number of fused-ring (bicyclic) bond motifs is 2. The first-order valence-electron chi connectivity index (χ1n) is 8.63. The molecule has 1 N–H and O–H groups in total. The third-order valence-electron chi connectivity index (χ3n) is 5.06. The predicted octanol–water partition coefficient (Wildman–Crippen LogP) is 1.90. The summed E-state index contributed by atoms with van der Waals surface area (Å²) in [6.07, 6.45) is 6.56. The summed E-state index contributed by atoms with van der Waals surface area (Å²) in [6, 6.07) is 0. The maximum absolute atomic E-state index is 12.8. The minimum Gasteiger partial charge on any atom is -0.476 e. The minimum absolute atomic E-state index is 0.0731. The van der Waals surface area contributed by atoms with Gasteiger partial charge in [0.2, 0.25) is 0 Å². The molecule has 1 aliphatic heterocycles. The van der Waals surface area contributed by atoms with E-state index in [4.69, 9.17) is 0 Å². The number of rotatable bonds is 4. The third kappa shape index (κ3) is 2.50. The van der Waals surface area contributed by atoms with E-state index in [-0.39, 0.29) is 18.1 Å². The number of carboxylic acids is 1. The SMILES string of the molecule is O=C(O)c1nn(CC2CC2)c2c1CN(C(=O)c1cn3ccsc3n1)CC2. The number of carboxylic acid groups (broad SMARTS) is 1. The zero-order valence-electron chi connectivity index (χ0n) is 14.0. The van der Waals surface area contributed by atoms with Crippen LogP contribution in [0.5, 0.6) is 0 Å². The zero-order chi connectivity index (χ0) is 17.8. The van der Waals surface area contributed by atoms with Gasteiger partial charge in [-0.05, 0) is 18.8 Å². The summed E-state index contributed by atoms with van der Waals surface area (Å²) < 4.78 is 3.68. The van der Waals surface area contributed by atoms with Gasteiger partial charge in [-0.1, -0.05) is 0 Å². The summed E-state index contributed by atoms with van der Waals surface area (Å²) in [6.45, 7) is 1.60. The number of hydrogen-bond donors (Lipinski definition) is 1. The van der Waals surface area contributed by atoms with Gasteiger partial charge in [0, 0.05) is 48.5 Å². The van der Waals surface area contributed by atoms with Crippen LogP contribution >= 0.6 is 11.3 Å². The number of imidazole rings is 1. The molecule has 1 amide bonds. The van der Waals surface area contributed by atoms with Crippen molar-refractivity contribution in [3.8, 4) is 0 Å². The van der Waals surface area contributed by atoms with Crippen LogP contribution in [-0.2, 0) is 19.5 Å². The van der Waals surface area contributed by atoms with Crippen LogP contribution in [0.3, 0.4) is 0 Å². The van der Waals surface area contributed by atoms with Gasteiger partial charge in [0.1, 0.15) is 5.69 Å². The van der Waals surface area contributed by atoms with E-state index in [0.717, 1.165) is 17.2 Å². The van der Waals surface area contributed by atoms with Crippen LogP contribution in [-0.4, -0.2) is 47.6 Å². The van der Waals surface area contributed by atoms with Crippen LogP contribution in [0, 0.1) is 5.92 Å². The molecule has 8 nitrogen and oxygen atoms in total. The standard InChI is InChI=1S/C17H17N5O3S/c23-15(12-9-21-5-6-26-17(21)18-12)20-4-3-13-11(8-20)14(16(24)25)19-22(13)7-10-1-2-10/h5-6,9-10H,1-4,7-8H2,(H,24,25). The van der Waals surface area contributed by atoms with Gasteiger partial charge in [-0.3, -0.25) is 13.9 Å². The molecule has 2 aliphatic rings. The normalized spacial score (nSPS) is 16.8. The second-order valence-corrected chi connectivity index (χ2v) is 7.77. The van der Waals surface area contributed by atoms with E-state index in [1.54, 1.807) is 11.1 Å². The fourth-order valence-corrected chi connectivity index (χ4v) is 4.22. The van der Waals surface area contributed by atoms with E-state index in [0.29, 0.717) is 30.1 Å². The Morgan fingerprint density at radius 2 is 2.19 bits per heavy atom. The fraction of sp³-hybridized carbons (Fsp3) is 0.412. The van der Waals surface area contributed by atoms with E-state index in [2.05, 4.69) is 10.1 Å². The molecule has 9 heteroatoms. The molecule has 0 saturated heterocycles. The van der Waals surface area contributed by atoms with Gasteiger partial charge in [-0.25, -0.2) is 9.78 Å². The average molecular weight is 371 g/mol. The van der Waals surface area contributed by atoms with E-state index in [9.17, 15) is 14.7 Å². The van der Waals surface area contributed by atoms with E-state index in [1.165, 1.54) is 24.2 Å². The maximum atomic E-state index is 12.8. The smallest absolute Gasteiger partial charge is 0.356 e. The summed E-state index contributed by atoms with van der Waals surface area (Å²) in [5.74, 6) is -0.593. The lowest BCUT2D eigenvalue weighted by molar-refractivity contribution is 0.0673. The Morgan fingerprint density at radius 3 is 2.92 bits per heavy atom. The molecule has 0 bridgehead atoms. The molecule has 0 unspecified atom stereocenters. The Morgan fingerprint density at radius 1 is 1.35 bits per heavy atom. The van der Waals surface area contributed by atoms with Crippen molar-refractivity contribution in [1.29, 1.82) is 0 Å². The predicted molar refractivity (Wildman–Crippen MR) is 93.4 cm³/mol. The lowest BCUT2D eigenvalue weighted by atomic mass is 10.0. The highest BCUT2D eigenvalue weighted by atomic mass is 32.1. The molecule has 1 fully saturated rings. The van der Waals surface area contributed by atoms with Crippen molar-refractivity contribution in [2.24, 2.45) is 5.92 Å². The molecule has 1 aliphatic carbocycles. The Kier molecular flexibility index (Phi) is 3.39. The van der Waals surface area contributed by atoms with Crippen LogP contribution in [0.1, 0.15) is 45.1 Å². The first-order valence-corrected chi connectivity index (χ1v) is 9.51. The molecular weight excluding hydrogens is 354 g/mol. The molecule has 3 aromatic heterocycles. The Bertz CT molecular complexity index is 1000. The Hall–Kier alpha value is -2.68. The highest BCUT2D eigenvalue weighted by molar-refractivity contribution is 7.15. The Labute approximate surface area is 152 Å². The fourth-order valence-electron chi connectivity index (χ4n) is 3.52. The van der Waals surface area contributed by atoms with Crippen molar-refractivity contribution in [2.75, 3.05) is 6.54 Å². The summed E-state index contributed by atoms with van der Waals surface area (Å²) in [5.41, 5.74) is 2.09. The van der Waals surface area contributed by atoms with Gasteiger partial charge >= 0.3 is 5.97 Å². The van der Waals surface area contributed by atoms with E-state index >= 15 is 0 Å². The van der Waals surface area contributed by atoms with Crippen LogP contribution < -0.4 is 0 Å². The minimum atomic E-state index is -1.03. The second-order valence-electron chi connectivity index (χ2n) is 6.90. The van der Waals surface area contributed by atoms with Crippen molar-refractivity contribution < 1.29 is 14.7 Å². The molecular formula is C17H17N5O3S. The number of aromatic nitrogens is 4. The summed E-state index contributed by atoms with van der Waals surface area (Å²) in [7, 11) is 0. The van der Waals surface area contributed by atoms with E-state index < -0.39 is 5.97 Å². The monoisotopic (exact) mass is 371 g/mol. The van der Waals surface area contributed by atoms with Gasteiger partial charge in [0.25, 0.3) is 5.91 Å². The summed E-state index contributed by atoms with van der Waals surface area (Å²) in [4.78, 5) is 31.3. The number of hydrogen-bond acceptors (Lipinski definition) is 5. The maximum Gasteiger partial charge on any atom is 0.356 e. The Balaban J connectivity index is 1.44. The second kappa shape index (κ2) is 5.66. The highest BCUT2D eigenvalue weighted by Gasteiger charge is 2.33. The topological polar surface area (TPSA) is 92.7 Å². The number of aromatic carboxylic acids is 1. The summed E-state index contributed by atoms with van der Waals surface area (Å²) >= 11 is 1.47. The molecule has 0 spiro atoms. The van der Waals surface area contributed by atoms with Crippen LogP contribution in [0.2, 0.25) is 0 Å². The average Bonchev–Trinajstić information content (AvgIpc) is 3.03. The first-order chi connectivity index (χ1) is 12.6. The number of carbonyl (C=O) groups excluding carboxylic acids is 1. The molecule has 5 rings (SSSR count). The largest absolute Gasteiger partial charge is 0.476 e.